The Kier molecular flexibility index (Phi) is 4.27. The quantitative estimate of drug-likeness (QED) is 0.585. The topological polar surface area (TPSA) is 46.6 Å². The Labute approximate surface area is 111 Å². The van der Waals surface area contributed by atoms with Gasteiger partial charge in [-0.05, 0) is 24.6 Å². The summed E-state index contributed by atoms with van der Waals surface area (Å²) in [5.41, 5.74) is 0.606. The number of benzene rings is 1. The Balaban J connectivity index is 2.04. The van der Waals surface area contributed by atoms with Gasteiger partial charge in [0.15, 0.2) is 0 Å². The molecule has 0 N–H and O–H groups in total. The minimum Gasteiger partial charge on any atom is -0.380 e. The van der Waals surface area contributed by atoms with Crippen LogP contribution in [0.5, 0.6) is 0 Å². The summed E-state index contributed by atoms with van der Waals surface area (Å²) in [6.07, 6.45) is 1.99. The largest absolute Gasteiger partial charge is 0.380 e. The SMILES string of the molecule is CCCCOCCN1C(=O)C(=O)c2ccc(F)cc21. The van der Waals surface area contributed by atoms with Crippen LogP contribution in [0.15, 0.2) is 18.2 Å². The summed E-state index contributed by atoms with van der Waals surface area (Å²) in [5.74, 6) is -1.65. The molecular weight excluding hydrogens is 249 g/mol. The van der Waals surface area contributed by atoms with Gasteiger partial charge in [-0.3, -0.25) is 9.59 Å². The fraction of sp³-hybridized carbons (Fsp3) is 0.429. The molecule has 0 unspecified atom stereocenters. The molecule has 0 aliphatic carbocycles. The molecule has 0 saturated heterocycles. The van der Waals surface area contributed by atoms with E-state index in [1.165, 1.54) is 23.1 Å². The summed E-state index contributed by atoms with van der Waals surface area (Å²) in [6, 6.07) is 3.75. The summed E-state index contributed by atoms with van der Waals surface area (Å²) < 4.78 is 18.6. The molecule has 0 aromatic heterocycles. The molecular formula is C14H16FNO3. The van der Waals surface area contributed by atoms with Gasteiger partial charge in [0.1, 0.15) is 5.82 Å². The highest BCUT2D eigenvalue weighted by Gasteiger charge is 2.35. The number of fused-ring (bicyclic) bond motifs is 1. The molecule has 4 nitrogen and oxygen atoms in total. The third-order valence-electron chi connectivity index (χ3n) is 3.04. The van der Waals surface area contributed by atoms with Gasteiger partial charge in [0.25, 0.3) is 11.7 Å². The first-order valence-electron chi connectivity index (χ1n) is 6.38. The van der Waals surface area contributed by atoms with Gasteiger partial charge in [0, 0.05) is 13.2 Å². The monoisotopic (exact) mass is 265 g/mol. The number of carbonyl (C=O) groups is 2. The average molecular weight is 265 g/mol. The van der Waals surface area contributed by atoms with Gasteiger partial charge >= 0.3 is 0 Å². The van der Waals surface area contributed by atoms with E-state index in [1.807, 2.05) is 0 Å². The fourth-order valence-corrected chi connectivity index (χ4v) is 1.99. The van der Waals surface area contributed by atoms with Crippen molar-refractivity contribution in [1.29, 1.82) is 0 Å². The lowest BCUT2D eigenvalue weighted by Gasteiger charge is -2.16. The third-order valence-corrected chi connectivity index (χ3v) is 3.04. The van der Waals surface area contributed by atoms with Crippen LogP contribution in [0.1, 0.15) is 30.1 Å². The number of amides is 1. The summed E-state index contributed by atoms with van der Waals surface area (Å²) in [4.78, 5) is 24.8. The van der Waals surface area contributed by atoms with Crippen molar-refractivity contribution in [3.8, 4) is 0 Å². The minimum absolute atomic E-state index is 0.264. The number of halogens is 1. The zero-order valence-corrected chi connectivity index (χ0v) is 10.8. The van der Waals surface area contributed by atoms with E-state index in [1.54, 1.807) is 0 Å². The van der Waals surface area contributed by atoms with Crippen LogP contribution >= 0.6 is 0 Å². The van der Waals surface area contributed by atoms with Crippen LogP contribution in [-0.2, 0) is 9.53 Å². The third kappa shape index (κ3) is 2.81. The van der Waals surface area contributed by atoms with Gasteiger partial charge in [-0.15, -0.1) is 0 Å². The standard InChI is InChI=1S/C14H16FNO3/c1-2-3-7-19-8-6-16-12-9-10(15)4-5-11(12)13(17)14(16)18/h4-5,9H,2-3,6-8H2,1H3. The second-order valence-corrected chi connectivity index (χ2v) is 4.41. The summed E-state index contributed by atoms with van der Waals surface area (Å²) >= 11 is 0. The summed E-state index contributed by atoms with van der Waals surface area (Å²) in [5, 5.41) is 0. The molecule has 0 radical (unpaired) electrons. The lowest BCUT2D eigenvalue weighted by Crippen LogP contribution is -2.33. The van der Waals surface area contributed by atoms with Crippen LogP contribution in [-0.4, -0.2) is 31.4 Å². The molecule has 0 spiro atoms. The van der Waals surface area contributed by atoms with E-state index < -0.39 is 17.5 Å². The van der Waals surface area contributed by atoms with E-state index in [0.29, 0.717) is 18.9 Å². The van der Waals surface area contributed by atoms with Gasteiger partial charge in [0.2, 0.25) is 0 Å². The maximum Gasteiger partial charge on any atom is 0.299 e. The Morgan fingerprint density at radius 2 is 2.05 bits per heavy atom. The number of carbonyl (C=O) groups excluding carboxylic acids is 2. The molecule has 1 aliphatic heterocycles. The highest BCUT2D eigenvalue weighted by Crippen LogP contribution is 2.29. The van der Waals surface area contributed by atoms with Crippen molar-refractivity contribution in [2.24, 2.45) is 0 Å². The second-order valence-electron chi connectivity index (χ2n) is 4.41. The summed E-state index contributed by atoms with van der Waals surface area (Å²) in [7, 11) is 0. The van der Waals surface area contributed by atoms with Gasteiger partial charge in [-0.1, -0.05) is 13.3 Å². The minimum atomic E-state index is -0.611. The number of Topliss-reactive ketones (excluding diaryl/α,β-unsaturated/α-hetero) is 1. The average Bonchev–Trinajstić information content (AvgIpc) is 2.63. The second kappa shape index (κ2) is 5.93. The summed E-state index contributed by atoms with van der Waals surface area (Å²) in [6.45, 7) is 3.30. The highest BCUT2D eigenvalue weighted by molar-refractivity contribution is 6.52. The zero-order chi connectivity index (χ0) is 13.8. The van der Waals surface area contributed by atoms with Crippen molar-refractivity contribution in [2.45, 2.75) is 19.8 Å². The highest BCUT2D eigenvalue weighted by atomic mass is 19.1. The van der Waals surface area contributed by atoms with E-state index in [-0.39, 0.29) is 12.1 Å². The zero-order valence-electron chi connectivity index (χ0n) is 10.8. The van der Waals surface area contributed by atoms with Crippen LogP contribution in [0, 0.1) is 5.82 Å². The first-order valence-corrected chi connectivity index (χ1v) is 6.38. The van der Waals surface area contributed by atoms with Crippen molar-refractivity contribution in [3.63, 3.8) is 0 Å². The lowest BCUT2D eigenvalue weighted by atomic mass is 10.1. The maximum atomic E-state index is 13.2. The molecule has 1 aromatic carbocycles. The molecule has 0 fully saturated rings. The molecule has 1 heterocycles. The van der Waals surface area contributed by atoms with Crippen molar-refractivity contribution >= 4 is 17.4 Å². The molecule has 1 aliphatic rings. The van der Waals surface area contributed by atoms with Crippen molar-refractivity contribution < 1.29 is 18.7 Å². The normalized spacial score (nSPS) is 14.1. The van der Waals surface area contributed by atoms with Gasteiger partial charge < -0.3 is 9.64 Å². The smallest absolute Gasteiger partial charge is 0.299 e. The molecule has 1 aromatic rings. The molecule has 1 amide bonds. The predicted octanol–water partition coefficient (Wildman–Crippen LogP) is 2.17. The molecule has 0 saturated carbocycles. The van der Waals surface area contributed by atoms with Gasteiger partial charge in [-0.25, -0.2) is 4.39 Å². The molecule has 102 valence electrons. The number of unbranched alkanes of at least 4 members (excludes halogenated alkanes) is 1. The number of hydrogen-bond acceptors (Lipinski definition) is 3. The molecule has 0 bridgehead atoms. The number of ketones is 1. The van der Waals surface area contributed by atoms with Crippen LogP contribution in [0.3, 0.4) is 0 Å². The molecule has 5 heteroatoms. The number of ether oxygens (including phenoxy) is 1. The first kappa shape index (κ1) is 13.7. The van der Waals surface area contributed by atoms with Crippen molar-refractivity contribution in [1.82, 2.24) is 0 Å². The lowest BCUT2D eigenvalue weighted by molar-refractivity contribution is -0.114. The van der Waals surface area contributed by atoms with Crippen LogP contribution < -0.4 is 4.90 Å². The molecule has 19 heavy (non-hydrogen) atoms. The van der Waals surface area contributed by atoms with Crippen molar-refractivity contribution in [3.05, 3.63) is 29.6 Å². The number of nitrogens with zero attached hydrogens (tertiary/aromatic N) is 1. The number of anilines is 1. The van der Waals surface area contributed by atoms with E-state index in [0.717, 1.165) is 12.8 Å². The van der Waals surface area contributed by atoms with Crippen LogP contribution in [0.25, 0.3) is 0 Å². The number of hydrogen-bond donors (Lipinski definition) is 0. The van der Waals surface area contributed by atoms with E-state index in [2.05, 4.69) is 6.92 Å². The van der Waals surface area contributed by atoms with E-state index in [9.17, 15) is 14.0 Å². The number of rotatable bonds is 6. The Morgan fingerprint density at radius 3 is 2.79 bits per heavy atom. The van der Waals surface area contributed by atoms with Crippen LogP contribution in [0.4, 0.5) is 10.1 Å². The maximum absolute atomic E-state index is 13.2. The van der Waals surface area contributed by atoms with Crippen LogP contribution in [0.2, 0.25) is 0 Å². The van der Waals surface area contributed by atoms with E-state index in [4.69, 9.17) is 4.74 Å². The fourth-order valence-electron chi connectivity index (χ4n) is 1.99. The Bertz CT molecular complexity index is 501. The Morgan fingerprint density at radius 1 is 1.26 bits per heavy atom. The predicted molar refractivity (Wildman–Crippen MR) is 68.8 cm³/mol. The van der Waals surface area contributed by atoms with E-state index >= 15 is 0 Å². The van der Waals surface area contributed by atoms with Gasteiger partial charge in [0.05, 0.1) is 17.9 Å². The van der Waals surface area contributed by atoms with Gasteiger partial charge in [-0.2, -0.15) is 0 Å². The van der Waals surface area contributed by atoms with Crippen molar-refractivity contribution in [2.75, 3.05) is 24.7 Å². The molecule has 0 atom stereocenters. The first-order chi connectivity index (χ1) is 9.15. The Hall–Kier alpha value is -1.75. The molecule has 2 rings (SSSR count).